The van der Waals surface area contributed by atoms with Gasteiger partial charge >= 0.3 is 11.9 Å². The smallest absolute Gasteiger partial charge is 0.320 e. The second-order valence-corrected chi connectivity index (χ2v) is 5.01. The Morgan fingerprint density at radius 2 is 2.00 bits per heavy atom. The van der Waals surface area contributed by atoms with Gasteiger partial charge in [-0.25, -0.2) is 0 Å². The quantitative estimate of drug-likeness (QED) is 0.414. The van der Waals surface area contributed by atoms with E-state index in [1.165, 1.54) is 0 Å². The van der Waals surface area contributed by atoms with Gasteiger partial charge in [0.2, 0.25) is 0 Å². The average molecular weight is 303 g/mol. The number of ether oxygens (including phenoxy) is 1. The number of carboxylic acid groups (broad SMARTS) is 1. The van der Waals surface area contributed by atoms with Gasteiger partial charge in [0.15, 0.2) is 0 Å². The molecule has 118 valence electrons. The molecule has 0 aliphatic rings. The molecule has 22 heavy (non-hydrogen) atoms. The highest BCUT2D eigenvalue weighted by atomic mass is 16.5. The van der Waals surface area contributed by atoms with Gasteiger partial charge in [0.05, 0.1) is 0 Å². The van der Waals surface area contributed by atoms with Crippen LogP contribution in [0.2, 0.25) is 0 Å². The molecule has 3 N–H and O–H groups in total. The molecule has 0 amide bonds. The summed E-state index contributed by atoms with van der Waals surface area (Å²) in [5.74, 6) is 1.27. The molecule has 1 atom stereocenters. The van der Waals surface area contributed by atoms with Crippen LogP contribution in [-0.4, -0.2) is 23.1 Å². The number of unbranched alkanes of at least 4 members (excludes halogenated alkanes) is 2. The minimum Gasteiger partial charge on any atom is -0.480 e. The van der Waals surface area contributed by atoms with Crippen LogP contribution in [0, 0.1) is 12.3 Å². The highest BCUT2D eigenvalue weighted by Crippen LogP contribution is 2.10. The Bertz CT molecular complexity index is 548. The predicted molar refractivity (Wildman–Crippen MR) is 82.9 cm³/mol. The SMILES string of the molecule is C#Cc1ccccc1COC(=O)CCCCC[C@H](N)C(=O)O. The van der Waals surface area contributed by atoms with Crippen molar-refractivity contribution in [3.63, 3.8) is 0 Å². The summed E-state index contributed by atoms with van der Waals surface area (Å²) < 4.78 is 5.18. The summed E-state index contributed by atoms with van der Waals surface area (Å²) in [5.41, 5.74) is 6.92. The Kier molecular flexibility index (Phi) is 7.73. The topological polar surface area (TPSA) is 89.6 Å². The van der Waals surface area contributed by atoms with Gasteiger partial charge in [-0.05, 0) is 18.9 Å². The molecule has 0 radical (unpaired) electrons. The fourth-order valence-corrected chi connectivity index (χ4v) is 1.95. The van der Waals surface area contributed by atoms with Crippen molar-refractivity contribution in [3.05, 3.63) is 35.4 Å². The Balaban J connectivity index is 2.19. The van der Waals surface area contributed by atoms with Crippen LogP contribution in [0.5, 0.6) is 0 Å². The fourth-order valence-electron chi connectivity index (χ4n) is 1.95. The van der Waals surface area contributed by atoms with Crippen molar-refractivity contribution in [1.29, 1.82) is 0 Å². The summed E-state index contributed by atoms with van der Waals surface area (Å²) in [6, 6.07) is 6.48. The molecule has 5 nitrogen and oxygen atoms in total. The van der Waals surface area contributed by atoms with E-state index < -0.39 is 12.0 Å². The first-order valence-electron chi connectivity index (χ1n) is 7.23. The number of aliphatic carboxylic acids is 1. The van der Waals surface area contributed by atoms with Crippen molar-refractivity contribution in [2.75, 3.05) is 0 Å². The predicted octanol–water partition coefficient (Wildman–Crippen LogP) is 2.07. The largest absolute Gasteiger partial charge is 0.480 e. The molecule has 0 saturated carbocycles. The standard InChI is InChI=1S/C17H21NO4/c1-2-13-8-6-7-9-14(13)12-22-16(19)11-5-3-4-10-15(18)17(20)21/h1,6-9,15H,3-5,10-12,18H2,(H,20,21)/t15-/m0/s1. The fraction of sp³-hybridized carbons (Fsp3) is 0.412. The van der Waals surface area contributed by atoms with E-state index in [9.17, 15) is 9.59 Å². The lowest BCUT2D eigenvalue weighted by Crippen LogP contribution is -2.29. The minimum atomic E-state index is -0.994. The Labute approximate surface area is 130 Å². The first-order valence-corrected chi connectivity index (χ1v) is 7.23. The molecule has 5 heteroatoms. The van der Waals surface area contributed by atoms with Crippen molar-refractivity contribution in [2.24, 2.45) is 5.73 Å². The first kappa shape index (κ1) is 17.7. The van der Waals surface area contributed by atoms with Gasteiger partial charge in [0.25, 0.3) is 0 Å². The molecule has 0 heterocycles. The molecule has 0 aromatic heterocycles. The third-order valence-corrected chi connectivity index (χ3v) is 3.27. The molecule has 0 fully saturated rings. The van der Waals surface area contributed by atoms with E-state index >= 15 is 0 Å². The molecule has 0 saturated heterocycles. The lowest BCUT2D eigenvalue weighted by atomic mass is 10.1. The minimum absolute atomic E-state index is 0.170. The van der Waals surface area contributed by atoms with Gasteiger partial charge in [-0.2, -0.15) is 0 Å². The number of rotatable bonds is 9. The molecule has 0 bridgehead atoms. The molecule has 1 aromatic carbocycles. The second kappa shape index (κ2) is 9.59. The number of esters is 1. The Morgan fingerprint density at radius 3 is 2.68 bits per heavy atom. The third-order valence-electron chi connectivity index (χ3n) is 3.27. The zero-order valence-corrected chi connectivity index (χ0v) is 12.5. The van der Waals surface area contributed by atoms with E-state index in [1.807, 2.05) is 18.2 Å². The number of nitrogens with two attached hydrogens (primary N) is 1. The highest BCUT2D eigenvalue weighted by molar-refractivity contribution is 5.73. The van der Waals surface area contributed by atoms with E-state index in [2.05, 4.69) is 5.92 Å². The number of hydrogen-bond donors (Lipinski definition) is 2. The van der Waals surface area contributed by atoms with Crippen molar-refractivity contribution in [2.45, 2.75) is 44.8 Å². The molecular weight excluding hydrogens is 282 g/mol. The van der Waals surface area contributed by atoms with Crippen LogP contribution in [-0.2, 0) is 20.9 Å². The third kappa shape index (κ3) is 6.42. The van der Waals surface area contributed by atoms with Crippen molar-refractivity contribution in [3.8, 4) is 12.3 Å². The summed E-state index contributed by atoms with van der Waals surface area (Å²) in [5, 5.41) is 8.63. The average Bonchev–Trinajstić information content (AvgIpc) is 2.52. The van der Waals surface area contributed by atoms with E-state index in [1.54, 1.807) is 6.07 Å². The summed E-state index contributed by atoms with van der Waals surface area (Å²) in [4.78, 5) is 22.2. The highest BCUT2D eigenvalue weighted by Gasteiger charge is 2.10. The Hall–Kier alpha value is -2.32. The molecule has 1 aromatic rings. The van der Waals surface area contributed by atoms with Crippen molar-refractivity contribution >= 4 is 11.9 Å². The van der Waals surface area contributed by atoms with Gasteiger partial charge in [-0.15, -0.1) is 6.42 Å². The van der Waals surface area contributed by atoms with Crippen LogP contribution in [0.15, 0.2) is 24.3 Å². The van der Waals surface area contributed by atoms with Crippen LogP contribution >= 0.6 is 0 Å². The van der Waals surface area contributed by atoms with Gasteiger partial charge in [0.1, 0.15) is 12.6 Å². The van der Waals surface area contributed by atoms with E-state index in [0.29, 0.717) is 25.7 Å². The van der Waals surface area contributed by atoms with Crippen LogP contribution in [0.4, 0.5) is 0 Å². The lowest BCUT2D eigenvalue weighted by Gasteiger charge is -2.07. The number of hydrogen-bond acceptors (Lipinski definition) is 4. The van der Waals surface area contributed by atoms with Crippen molar-refractivity contribution in [1.82, 2.24) is 0 Å². The summed E-state index contributed by atoms with van der Waals surface area (Å²) in [6.45, 7) is 0.170. The normalized spacial score (nSPS) is 11.5. The van der Waals surface area contributed by atoms with Gasteiger partial charge < -0.3 is 15.6 Å². The number of benzene rings is 1. The van der Waals surface area contributed by atoms with Crippen LogP contribution in [0.25, 0.3) is 0 Å². The maximum Gasteiger partial charge on any atom is 0.320 e. The van der Waals surface area contributed by atoms with E-state index in [0.717, 1.165) is 17.5 Å². The van der Waals surface area contributed by atoms with E-state index in [-0.39, 0.29) is 12.6 Å². The van der Waals surface area contributed by atoms with Crippen molar-refractivity contribution < 1.29 is 19.4 Å². The molecule has 0 unspecified atom stereocenters. The van der Waals surface area contributed by atoms with Gasteiger partial charge in [-0.3, -0.25) is 9.59 Å². The van der Waals surface area contributed by atoms with Gasteiger partial charge in [0, 0.05) is 17.5 Å². The van der Waals surface area contributed by atoms with Gasteiger partial charge in [-0.1, -0.05) is 37.0 Å². The zero-order valence-electron chi connectivity index (χ0n) is 12.5. The maximum absolute atomic E-state index is 11.6. The Morgan fingerprint density at radius 1 is 1.27 bits per heavy atom. The van der Waals surface area contributed by atoms with Crippen LogP contribution in [0.1, 0.15) is 43.2 Å². The van der Waals surface area contributed by atoms with E-state index in [4.69, 9.17) is 22.0 Å². The monoisotopic (exact) mass is 303 g/mol. The molecule has 1 rings (SSSR count). The lowest BCUT2D eigenvalue weighted by molar-refractivity contribution is -0.145. The zero-order chi connectivity index (χ0) is 16.4. The molecule has 0 aliphatic carbocycles. The summed E-state index contributed by atoms with van der Waals surface area (Å²) >= 11 is 0. The number of carbonyl (C=O) groups is 2. The maximum atomic E-state index is 11.6. The molecular formula is C17H21NO4. The van der Waals surface area contributed by atoms with Crippen LogP contribution < -0.4 is 5.73 Å². The summed E-state index contributed by atoms with van der Waals surface area (Å²) in [6.07, 6.45) is 8.18. The van der Waals surface area contributed by atoms with Crippen LogP contribution in [0.3, 0.4) is 0 Å². The molecule has 0 aliphatic heterocycles. The summed E-state index contributed by atoms with van der Waals surface area (Å²) in [7, 11) is 0. The number of carbonyl (C=O) groups excluding carboxylic acids is 1. The number of terminal acetylenes is 1. The second-order valence-electron chi connectivity index (χ2n) is 5.01. The first-order chi connectivity index (χ1) is 10.5. The number of carboxylic acids is 1. The molecule has 0 spiro atoms.